The van der Waals surface area contributed by atoms with Crippen molar-refractivity contribution in [3.8, 4) is 5.75 Å². The van der Waals surface area contributed by atoms with Crippen LogP contribution >= 0.6 is 7.14 Å². The molecule has 4 aromatic rings. The smallest absolute Gasteiger partial charge is 0.409 e. The number of phenols is 1. The first-order valence-corrected chi connectivity index (χ1v) is 12.6. The van der Waals surface area contributed by atoms with E-state index in [1.807, 2.05) is 0 Å². The highest BCUT2D eigenvalue weighted by Gasteiger charge is 2.68. The number of aromatic hydroxyl groups is 1. The molecule has 7 heteroatoms. The van der Waals surface area contributed by atoms with Crippen molar-refractivity contribution in [2.24, 2.45) is 0 Å². The molecule has 35 heavy (non-hydrogen) atoms. The fourth-order valence-corrected chi connectivity index (χ4v) is 8.32. The molecule has 0 saturated carbocycles. The average molecular weight is 498 g/mol. The van der Waals surface area contributed by atoms with Gasteiger partial charge in [0.2, 0.25) is 0 Å². The van der Waals surface area contributed by atoms with E-state index >= 15 is 17.7 Å². The van der Waals surface area contributed by atoms with Gasteiger partial charge in [-0.15, -0.1) is 0 Å². The molecule has 0 aliphatic carbocycles. The Bertz CT molecular complexity index is 1320. The molecule has 0 spiro atoms. The molecule has 0 saturated heterocycles. The molecule has 0 aromatic heterocycles. The molecule has 0 heterocycles. The molecular weight excluding hydrogens is 475 g/mol. The first-order valence-electron chi connectivity index (χ1n) is 10.9. The SMILES string of the molecule is Cc1cc(C(c2ccc(F)cc2)(C(F)(F)F)P(=O)(c2ccccc2)c2ccccc2)cc(C)c1O. The third-order valence-electron chi connectivity index (χ3n) is 6.29. The number of alkyl halides is 3. The van der Waals surface area contributed by atoms with Gasteiger partial charge in [0.05, 0.1) is 0 Å². The van der Waals surface area contributed by atoms with Crippen LogP contribution in [0, 0.1) is 19.7 Å². The maximum atomic E-state index is 15.7. The number of hydrogen-bond donors (Lipinski definition) is 1. The largest absolute Gasteiger partial charge is 0.507 e. The number of halogens is 4. The van der Waals surface area contributed by atoms with Gasteiger partial charge in [0.1, 0.15) is 11.6 Å². The summed E-state index contributed by atoms with van der Waals surface area (Å²) in [5.74, 6) is -0.852. The quantitative estimate of drug-likeness (QED) is 0.238. The molecule has 1 N–H and O–H groups in total. The van der Waals surface area contributed by atoms with Crippen LogP contribution in [0.1, 0.15) is 22.3 Å². The zero-order valence-electron chi connectivity index (χ0n) is 19.1. The predicted molar refractivity (Wildman–Crippen MR) is 131 cm³/mol. The van der Waals surface area contributed by atoms with Crippen LogP contribution in [0.3, 0.4) is 0 Å². The number of hydrogen-bond acceptors (Lipinski definition) is 2. The second kappa shape index (κ2) is 9.01. The van der Waals surface area contributed by atoms with Crippen molar-refractivity contribution < 1.29 is 27.2 Å². The minimum Gasteiger partial charge on any atom is -0.507 e. The van der Waals surface area contributed by atoms with Crippen LogP contribution < -0.4 is 10.6 Å². The summed E-state index contributed by atoms with van der Waals surface area (Å²) in [6, 6.07) is 21.6. The van der Waals surface area contributed by atoms with Crippen molar-refractivity contribution >= 4 is 17.8 Å². The molecule has 0 fully saturated rings. The summed E-state index contributed by atoms with van der Waals surface area (Å²) in [5.41, 5.74) is -0.223. The fourth-order valence-electron chi connectivity index (χ4n) is 4.70. The van der Waals surface area contributed by atoms with Crippen molar-refractivity contribution in [3.05, 3.63) is 125 Å². The van der Waals surface area contributed by atoms with Crippen LogP contribution in [0.4, 0.5) is 17.6 Å². The van der Waals surface area contributed by atoms with Gasteiger partial charge < -0.3 is 9.67 Å². The second-order valence-corrected chi connectivity index (χ2v) is 11.4. The predicted octanol–water partition coefficient (Wildman–Crippen LogP) is 6.97. The van der Waals surface area contributed by atoms with Crippen molar-refractivity contribution in [3.63, 3.8) is 0 Å². The van der Waals surface area contributed by atoms with E-state index < -0.39 is 24.3 Å². The van der Waals surface area contributed by atoms with Crippen LogP contribution in [-0.2, 0) is 9.72 Å². The average Bonchev–Trinajstić information content (AvgIpc) is 2.84. The Hall–Kier alpha value is -3.37. The first-order chi connectivity index (χ1) is 16.5. The van der Waals surface area contributed by atoms with Crippen molar-refractivity contribution in [2.75, 3.05) is 0 Å². The lowest BCUT2D eigenvalue weighted by molar-refractivity contribution is -0.154. The molecule has 4 aromatic carbocycles. The summed E-state index contributed by atoms with van der Waals surface area (Å²) in [6.45, 7) is 2.99. The van der Waals surface area contributed by atoms with Gasteiger partial charge in [-0.05, 0) is 48.2 Å². The van der Waals surface area contributed by atoms with Gasteiger partial charge in [0.25, 0.3) is 0 Å². The van der Waals surface area contributed by atoms with Crippen LogP contribution in [0.15, 0.2) is 97.1 Å². The number of phenolic OH excluding ortho intramolecular Hbond substituents is 1. The van der Waals surface area contributed by atoms with E-state index in [0.29, 0.717) is 0 Å². The molecule has 0 amide bonds. The summed E-state index contributed by atoms with van der Waals surface area (Å²) in [5, 5.41) is 7.29. The lowest BCUT2D eigenvalue weighted by Crippen LogP contribution is -2.48. The minimum absolute atomic E-state index is 0.0104. The monoisotopic (exact) mass is 498 g/mol. The van der Waals surface area contributed by atoms with Crippen molar-refractivity contribution in [2.45, 2.75) is 25.2 Å². The summed E-state index contributed by atoms with van der Waals surface area (Å²) >= 11 is 0. The topological polar surface area (TPSA) is 37.3 Å². The van der Waals surface area contributed by atoms with Gasteiger partial charge in [-0.25, -0.2) is 4.39 Å². The molecule has 0 bridgehead atoms. The van der Waals surface area contributed by atoms with E-state index in [2.05, 4.69) is 0 Å². The molecule has 0 radical (unpaired) electrons. The summed E-state index contributed by atoms with van der Waals surface area (Å²) < 4.78 is 76.6. The Morgan fingerprint density at radius 1 is 0.686 bits per heavy atom. The van der Waals surface area contributed by atoms with E-state index in [-0.39, 0.29) is 38.6 Å². The Morgan fingerprint density at radius 3 is 1.51 bits per heavy atom. The third kappa shape index (κ3) is 3.86. The number of rotatable bonds is 5. The standard InChI is InChI=1S/C28H23F4O2P/c1-19-17-22(18-20(2)26(19)33)27(28(30,31)32,21-13-15-23(29)16-14-21)35(34,24-9-5-3-6-10-24)25-11-7-4-8-12-25/h3-18,33H,1-2H3. The zero-order valence-corrected chi connectivity index (χ0v) is 19.9. The minimum atomic E-state index is -5.08. The van der Waals surface area contributed by atoms with E-state index in [0.717, 1.165) is 24.3 Å². The van der Waals surface area contributed by atoms with E-state index in [1.54, 1.807) is 36.4 Å². The molecule has 4 rings (SSSR count). The third-order valence-corrected chi connectivity index (χ3v) is 10.1. The molecule has 2 nitrogen and oxygen atoms in total. The van der Waals surface area contributed by atoms with Gasteiger partial charge in [-0.1, -0.05) is 84.9 Å². The fraction of sp³-hybridized carbons (Fsp3) is 0.143. The summed E-state index contributed by atoms with van der Waals surface area (Å²) in [7, 11) is -4.63. The maximum absolute atomic E-state index is 15.7. The van der Waals surface area contributed by atoms with E-state index in [4.69, 9.17) is 0 Å². The van der Waals surface area contributed by atoms with Gasteiger partial charge in [0, 0.05) is 10.6 Å². The Balaban J connectivity index is 2.29. The Morgan fingerprint density at radius 2 is 1.11 bits per heavy atom. The Labute approximate surface area is 201 Å². The van der Waals surface area contributed by atoms with E-state index in [9.17, 15) is 9.50 Å². The molecule has 0 aliphatic rings. The highest BCUT2D eigenvalue weighted by Crippen LogP contribution is 2.71. The first kappa shape index (κ1) is 24.7. The van der Waals surface area contributed by atoms with Crippen molar-refractivity contribution in [1.29, 1.82) is 0 Å². The van der Waals surface area contributed by atoms with Crippen LogP contribution in [0.2, 0.25) is 0 Å². The van der Waals surface area contributed by atoms with E-state index in [1.165, 1.54) is 50.2 Å². The zero-order chi connectivity index (χ0) is 25.4. The number of aryl methyl sites for hydroxylation is 2. The molecule has 0 aliphatic heterocycles. The van der Waals surface area contributed by atoms with Crippen molar-refractivity contribution in [1.82, 2.24) is 0 Å². The summed E-state index contributed by atoms with van der Waals surface area (Å²) in [4.78, 5) is 0. The van der Waals surface area contributed by atoms with Gasteiger partial charge >= 0.3 is 6.18 Å². The lowest BCUT2D eigenvalue weighted by atomic mass is 9.87. The van der Waals surface area contributed by atoms with Crippen LogP contribution in [0.5, 0.6) is 5.75 Å². The highest BCUT2D eigenvalue weighted by molar-refractivity contribution is 7.80. The normalized spacial score (nSPS) is 13.9. The maximum Gasteiger partial charge on any atom is 0.409 e. The molecule has 1 atom stereocenters. The molecule has 180 valence electrons. The second-order valence-electron chi connectivity index (χ2n) is 8.45. The van der Waals surface area contributed by atoms with Gasteiger partial charge in [0.15, 0.2) is 12.3 Å². The van der Waals surface area contributed by atoms with Crippen LogP contribution in [0.25, 0.3) is 0 Å². The number of benzene rings is 4. The van der Waals surface area contributed by atoms with Crippen LogP contribution in [-0.4, -0.2) is 11.3 Å². The van der Waals surface area contributed by atoms with Gasteiger partial charge in [-0.2, -0.15) is 13.2 Å². The molecule has 1 unspecified atom stereocenters. The lowest BCUT2D eigenvalue weighted by Gasteiger charge is -2.43. The molecular formula is C28H23F4O2P. The highest BCUT2D eigenvalue weighted by atomic mass is 31.2. The Kier molecular flexibility index (Phi) is 6.37. The van der Waals surface area contributed by atoms with Gasteiger partial charge in [-0.3, -0.25) is 0 Å². The summed E-state index contributed by atoms with van der Waals surface area (Å²) in [6.07, 6.45) is -5.08.